The normalized spacial score (nSPS) is 19.5. The van der Waals surface area contributed by atoms with Crippen LogP contribution in [0.15, 0.2) is 18.2 Å². The molecule has 20 heavy (non-hydrogen) atoms. The Hall–Kier alpha value is -1.07. The first kappa shape index (κ1) is 15.3. The highest BCUT2D eigenvalue weighted by atomic mass is 32.2. The lowest BCUT2D eigenvalue weighted by atomic mass is 9.99. The first-order chi connectivity index (χ1) is 9.39. The molecule has 1 aliphatic heterocycles. The van der Waals surface area contributed by atoms with Gasteiger partial charge in [-0.2, -0.15) is 0 Å². The number of para-hydroxylation sites is 1. The zero-order valence-corrected chi connectivity index (χ0v) is 13.3. The van der Waals surface area contributed by atoms with Crippen LogP contribution in [0.1, 0.15) is 43.7 Å². The average molecular weight is 296 g/mol. The molecule has 1 aromatic carbocycles. The van der Waals surface area contributed by atoms with Crippen molar-refractivity contribution in [3.05, 3.63) is 29.3 Å². The second-order valence-electron chi connectivity index (χ2n) is 5.87. The van der Waals surface area contributed by atoms with Crippen LogP contribution in [0.5, 0.6) is 0 Å². The summed E-state index contributed by atoms with van der Waals surface area (Å²) in [6, 6.07) is 5.99. The average Bonchev–Trinajstić information content (AvgIpc) is 2.83. The van der Waals surface area contributed by atoms with Crippen molar-refractivity contribution in [2.45, 2.75) is 45.6 Å². The maximum absolute atomic E-state index is 12.3. The summed E-state index contributed by atoms with van der Waals surface area (Å²) in [7, 11) is -3.31. The van der Waals surface area contributed by atoms with Gasteiger partial charge in [-0.25, -0.2) is 8.42 Å². The van der Waals surface area contributed by atoms with Crippen molar-refractivity contribution in [3.63, 3.8) is 0 Å². The Labute approximate surface area is 122 Å². The van der Waals surface area contributed by atoms with Gasteiger partial charge in [0.2, 0.25) is 10.0 Å². The Morgan fingerprint density at radius 2 is 2.15 bits per heavy atom. The number of hydrogen-bond acceptors (Lipinski definition) is 3. The van der Waals surface area contributed by atoms with E-state index in [1.165, 1.54) is 0 Å². The van der Waals surface area contributed by atoms with Gasteiger partial charge in [0, 0.05) is 6.04 Å². The first-order valence-electron chi connectivity index (χ1n) is 7.22. The molecule has 1 aromatic rings. The maximum atomic E-state index is 12.3. The van der Waals surface area contributed by atoms with E-state index in [9.17, 15) is 8.42 Å². The summed E-state index contributed by atoms with van der Waals surface area (Å²) >= 11 is 0. The van der Waals surface area contributed by atoms with Gasteiger partial charge in [0.1, 0.15) is 0 Å². The van der Waals surface area contributed by atoms with Crippen molar-refractivity contribution in [2.24, 2.45) is 0 Å². The third-order valence-corrected chi connectivity index (χ3v) is 5.12. The number of anilines is 1. The van der Waals surface area contributed by atoms with Gasteiger partial charge < -0.3 is 5.32 Å². The zero-order valence-electron chi connectivity index (χ0n) is 12.4. The second-order valence-corrected chi connectivity index (χ2v) is 7.64. The SMILES string of the molecule is Cc1cccc(C(C)C)c1NS(=O)(=O)CC1CCCN1. The Morgan fingerprint density at radius 1 is 1.40 bits per heavy atom. The summed E-state index contributed by atoms with van der Waals surface area (Å²) in [5, 5.41) is 3.23. The van der Waals surface area contributed by atoms with Gasteiger partial charge in [0.25, 0.3) is 0 Å². The maximum Gasteiger partial charge on any atom is 0.234 e. The van der Waals surface area contributed by atoms with E-state index in [1.807, 2.05) is 25.1 Å². The largest absolute Gasteiger partial charge is 0.313 e. The van der Waals surface area contributed by atoms with Crippen molar-refractivity contribution in [1.29, 1.82) is 0 Å². The first-order valence-corrected chi connectivity index (χ1v) is 8.87. The predicted octanol–water partition coefficient (Wildman–Crippen LogP) is 2.61. The molecule has 0 aromatic heterocycles. The highest BCUT2D eigenvalue weighted by Crippen LogP contribution is 2.28. The molecule has 0 aliphatic carbocycles. The number of sulfonamides is 1. The zero-order chi connectivity index (χ0) is 14.8. The Kier molecular flexibility index (Phi) is 4.70. The minimum atomic E-state index is -3.31. The topological polar surface area (TPSA) is 58.2 Å². The van der Waals surface area contributed by atoms with E-state index in [4.69, 9.17) is 0 Å². The van der Waals surface area contributed by atoms with Crippen LogP contribution in [0.4, 0.5) is 5.69 Å². The molecule has 1 aliphatic rings. The van der Waals surface area contributed by atoms with Gasteiger partial charge >= 0.3 is 0 Å². The van der Waals surface area contributed by atoms with Crippen molar-refractivity contribution in [1.82, 2.24) is 5.32 Å². The summed E-state index contributed by atoms with van der Waals surface area (Å²) in [4.78, 5) is 0. The van der Waals surface area contributed by atoms with Crippen LogP contribution in [0.2, 0.25) is 0 Å². The molecule has 1 heterocycles. The second kappa shape index (κ2) is 6.14. The molecule has 2 rings (SSSR count). The van der Waals surface area contributed by atoms with E-state index in [-0.39, 0.29) is 17.7 Å². The highest BCUT2D eigenvalue weighted by molar-refractivity contribution is 7.92. The van der Waals surface area contributed by atoms with Crippen LogP contribution in [0.3, 0.4) is 0 Å². The fraction of sp³-hybridized carbons (Fsp3) is 0.600. The van der Waals surface area contributed by atoms with E-state index < -0.39 is 10.0 Å². The minimum Gasteiger partial charge on any atom is -0.313 e. The lowest BCUT2D eigenvalue weighted by molar-refractivity contribution is 0.581. The summed E-state index contributed by atoms with van der Waals surface area (Å²) in [5.41, 5.74) is 2.77. The van der Waals surface area contributed by atoms with Crippen molar-refractivity contribution < 1.29 is 8.42 Å². The number of aryl methyl sites for hydroxylation is 1. The van der Waals surface area contributed by atoms with E-state index in [0.29, 0.717) is 0 Å². The Balaban J connectivity index is 2.20. The molecule has 4 nitrogen and oxygen atoms in total. The van der Waals surface area contributed by atoms with Gasteiger partial charge in [-0.1, -0.05) is 32.0 Å². The fourth-order valence-corrected chi connectivity index (χ4v) is 4.16. The summed E-state index contributed by atoms with van der Waals surface area (Å²) < 4.78 is 27.5. The van der Waals surface area contributed by atoms with Gasteiger partial charge in [0.15, 0.2) is 0 Å². The van der Waals surface area contributed by atoms with Crippen LogP contribution in [0.25, 0.3) is 0 Å². The quantitative estimate of drug-likeness (QED) is 0.878. The van der Waals surface area contributed by atoms with Gasteiger partial charge in [-0.15, -0.1) is 0 Å². The molecule has 0 amide bonds. The molecule has 0 radical (unpaired) electrons. The molecule has 0 bridgehead atoms. The Morgan fingerprint density at radius 3 is 2.75 bits per heavy atom. The number of rotatable bonds is 5. The predicted molar refractivity (Wildman–Crippen MR) is 83.7 cm³/mol. The molecule has 0 saturated carbocycles. The minimum absolute atomic E-state index is 0.0824. The highest BCUT2D eigenvalue weighted by Gasteiger charge is 2.23. The van der Waals surface area contributed by atoms with E-state index in [2.05, 4.69) is 23.9 Å². The van der Waals surface area contributed by atoms with Crippen LogP contribution in [-0.4, -0.2) is 26.8 Å². The van der Waals surface area contributed by atoms with E-state index in [0.717, 1.165) is 36.2 Å². The molecule has 1 atom stereocenters. The van der Waals surface area contributed by atoms with Crippen LogP contribution < -0.4 is 10.0 Å². The van der Waals surface area contributed by atoms with Gasteiger partial charge in [-0.3, -0.25) is 4.72 Å². The van der Waals surface area contributed by atoms with Gasteiger partial charge in [0.05, 0.1) is 11.4 Å². The smallest absolute Gasteiger partial charge is 0.234 e. The van der Waals surface area contributed by atoms with Crippen LogP contribution in [0, 0.1) is 6.92 Å². The standard InChI is InChI=1S/C15H24N2O2S/c1-11(2)14-8-4-6-12(3)15(14)17-20(18,19)10-13-7-5-9-16-13/h4,6,8,11,13,16-17H,5,7,9-10H2,1-3H3. The summed E-state index contributed by atoms with van der Waals surface area (Å²) in [6.45, 7) is 7.01. The van der Waals surface area contributed by atoms with E-state index >= 15 is 0 Å². The van der Waals surface area contributed by atoms with Crippen molar-refractivity contribution in [2.75, 3.05) is 17.0 Å². The molecule has 1 saturated heterocycles. The van der Waals surface area contributed by atoms with Crippen molar-refractivity contribution in [3.8, 4) is 0 Å². The molecule has 5 heteroatoms. The Bertz CT molecular complexity index is 561. The van der Waals surface area contributed by atoms with Crippen LogP contribution in [-0.2, 0) is 10.0 Å². The molecule has 1 fully saturated rings. The molecule has 2 N–H and O–H groups in total. The van der Waals surface area contributed by atoms with Gasteiger partial charge in [-0.05, 0) is 43.4 Å². The lowest BCUT2D eigenvalue weighted by Gasteiger charge is -2.18. The van der Waals surface area contributed by atoms with Crippen LogP contribution >= 0.6 is 0 Å². The monoisotopic (exact) mass is 296 g/mol. The number of hydrogen-bond donors (Lipinski definition) is 2. The fourth-order valence-electron chi connectivity index (χ4n) is 2.67. The third kappa shape index (κ3) is 3.73. The third-order valence-electron chi connectivity index (χ3n) is 3.77. The number of nitrogens with one attached hydrogen (secondary N) is 2. The molecule has 0 spiro atoms. The summed E-state index contributed by atoms with van der Waals surface area (Å²) in [6.07, 6.45) is 1.99. The molecular formula is C15H24N2O2S. The van der Waals surface area contributed by atoms with E-state index in [1.54, 1.807) is 0 Å². The van der Waals surface area contributed by atoms with Crippen molar-refractivity contribution >= 4 is 15.7 Å². The molecule has 1 unspecified atom stereocenters. The lowest BCUT2D eigenvalue weighted by Crippen LogP contribution is -2.33. The molecular weight excluding hydrogens is 272 g/mol. The summed E-state index contributed by atoms with van der Waals surface area (Å²) in [5.74, 6) is 0.441. The number of benzene rings is 1. The molecule has 112 valence electrons.